The van der Waals surface area contributed by atoms with Gasteiger partial charge in [0, 0.05) is 25.0 Å². The molecule has 210 valence electrons. The Morgan fingerprint density at radius 1 is 1.13 bits per heavy atom. The van der Waals surface area contributed by atoms with Crippen LogP contribution >= 0.6 is 0 Å². The van der Waals surface area contributed by atoms with Crippen molar-refractivity contribution in [1.82, 2.24) is 9.71 Å². The Morgan fingerprint density at radius 2 is 1.87 bits per heavy atom. The van der Waals surface area contributed by atoms with Gasteiger partial charge in [-0.3, -0.25) is 4.79 Å². The number of aromatic nitrogens is 1. The molecule has 1 amide bonds. The molecule has 0 atom stereocenters. The number of nitrogens with zero attached hydrogens (tertiary/aromatic N) is 2. The van der Waals surface area contributed by atoms with Gasteiger partial charge in [-0.15, -0.1) is 0 Å². The molecular weight excluding hydrogens is 522 g/mol. The number of amides is 1. The van der Waals surface area contributed by atoms with Crippen LogP contribution < -0.4 is 20.3 Å². The Morgan fingerprint density at radius 3 is 2.54 bits per heavy atom. The highest BCUT2D eigenvalue weighted by Crippen LogP contribution is 2.54. The molecule has 0 radical (unpaired) electrons. The van der Waals surface area contributed by atoms with Crippen LogP contribution in [0.4, 0.5) is 17.3 Å². The lowest BCUT2D eigenvalue weighted by molar-refractivity contribution is 0.102. The first-order valence-electron chi connectivity index (χ1n) is 13.1. The Balaban J connectivity index is 1.47. The van der Waals surface area contributed by atoms with Crippen LogP contribution in [0.5, 0.6) is 0 Å². The van der Waals surface area contributed by atoms with Gasteiger partial charge >= 0.3 is 0 Å². The van der Waals surface area contributed by atoms with Crippen LogP contribution in [0.15, 0.2) is 45.9 Å². The summed E-state index contributed by atoms with van der Waals surface area (Å²) < 4.78 is 33.5. The Kier molecular flexibility index (Phi) is 7.31. The van der Waals surface area contributed by atoms with Crippen LogP contribution in [0.1, 0.15) is 49.9 Å². The minimum absolute atomic E-state index is 0.0323. The zero-order valence-electron chi connectivity index (χ0n) is 22.2. The van der Waals surface area contributed by atoms with E-state index < -0.39 is 21.5 Å². The first kappa shape index (κ1) is 27.4. The molecule has 1 aliphatic heterocycles. The summed E-state index contributed by atoms with van der Waals surface area (Å²) >= 11 is 0. The quantitative estimate of drug-likeness (QED) is 0.253. The summed E-state index contributed by atoms with van der Waals surface area (Å²) in [7, 11) is -3.86. The Hall–Kier alpha value is -3.19. The van der Waals surface area contributed by atoms with Crippen molar-refractivity contribution in [3.63, 3.8) is 0 Å². The number of aliphatic hydroxyl groups excluding tert-OH is 2. The monoisotopic (exact) mass is 557 g/mol. The van der Waals surface area contributed by atoms with Crippen molar-refractivity contribution in [3.8, 4) is 0 Å². The number of anilines is 3. The van der Waals surface area contributed by atoms with Crippen LogP contribution in [-0.4, -0.2) is 67.9 Å². The molecule has 2 aromatic heterocycles. The number of pyridine rings is 1. The number of hydrogen-bond donors (Lipinski definition) is 5. The van der Waals surface area contributed by atoms with Gasteiger partial charge in [-0.05, 0) is 75.3 Å². The van der Waals surface area contributed by atoms with Crippen molar-refractivity contribution in [3.05, 3.63) is 42.2 Å². The van der Waals surface area contributed by atoms with E-state index in [9.17, 15) is 18.3 Å². The van der Waals surface area contributed by atoms with Crippen molar-refractivity contribution >= 4 is 44.2 Å². The van der Waals surface area contributed by atoms with E-state index in [4.69, 9.17) is 9.52 Å². The van der Waals surface area contributed by atoms with E-state index >= 15 is 0 Å². The van der Waals surface area contributed by atoms with E-state index in [2.05, 4.69) is 25.2 Å². The molecule has 3 heterocycles. The molecule has 39 heavy (non-hydrogen) atoms. The molecule has 5 N–H and O–H groups in total. The van der Waals surface area contributed by atoms with Crippen LogP contribution in [0.2, 0.25) is 0 Å². The van der Waals surface area contributed by atoms with Crippen molar-refractivity contribution < 1.29 is 27.8 Å². The van der Waals surface area contributed by atoms with Crippen LogP contribution in [-0.2, 0) is 10.0 Å². The van der Waals surface area contributed by atoms with Crippen LogP contribution in [0.25, 0.3) is 11.0 Å². The number of nitrogens with one attached hydrogen (secondary N) is 3. The zero-order valence-corrected chi connectivity index (χ0v) is 23.0. The third-order valence-corrected chi connectivity index (χ3v) is 9.04. The van der Waals surface area contributed by atoms with Gasteiger partial charge in [0.1, 0.15) is 5.82 Å². The number of benzene rings is 1. The van der Waals surface area contributed by atoms with Gasteiger partial charge in [0.25, 0.3) is 5.91 Å². The predicted molar refractivity (Wildman–Crippen MR) is 149 cm³/mol. The lowest BCUT2D eigenvalue weighted by Gasteiger charge is -2.35. The lowest BCUT2D eigenvalue weighted by Crippen LogP contribution is -2.36. The van der Waals surface area contributed by atoms with Gasteiger partial charge in [-0.2, -0.15) is 0 Å². The number of fused-ring (bicyclic) bond motifs is 1. The van der Waals surface area contributed by atoms with E-state index in [1.807, 2.05) is 13.8 Å². The average Bonchev–Trinajstić information content (AvgIpc) is 3.48. The number of piperidine rings is 1. The van der Waals surface area contributed by atoms with Gasteiger partial charge in [0.05, 0.1) is 41.2 Å². The number of aliphatic hydroxyl groups is 2. The van der Waals surface area contributed by atoms with Crippen LogP contribution in [0.3, 0.4) is 0 Å². The molecule has 5 rings (SSSR count). The zero-order chi connectivity index (χ0) is 27.8. The largest absolute Gasteiger partial charge is 0.460 e. The number of carbonyl (C=O) groups is 1. The molecule has 12 heteroatoms. The second-order valence-electron chi connectivity index (χ2n) is 11.1. The summed E-state index contributed by atoms with van der Waals surface area (Å²) in [6.07, 6.45) is 5.98. The summed E-state index contributed by atoms with van der Waals surface area (Å²) in [5.74, 6) is 0.244. The third-order valence-electron chi connectivity index (χ3n) is 7.58. The van der Waals surface area contributed by atoms with Gasteiger partial charge in [0.15, 0.2) is 11.4 Å². The lowest BCUT2D eigenvalue weighted by atomic mass is 9.93. The number of furan rings is 1. The summed E-state index contributed by atoms with van der Waals surface area (Å²) in [4.78, 5) is 20.3. The van der Waals surface area contributed by atoms with Gasteiger partial charge < -0.3 is 30.2 Å². The number of carbonyl (C=O) groups excluding carboxylic acids is 1. The minimum atomic E-state index is -3.86. The average molecular weight is 558 g/mol. The Bertz CT molecular complexity index is 1470. The fourth-order valence-electron chi connectivity index (χ4n) is 4.96. The molecule has 2 fully saturated rings. The molecule has 3 aromatic rings. The molecule has 2 aliphatic rings. The van der Waals surface area contributed by atoms with E-state index in [0.717, 1.165) is 31.3 Å². The maximum atomic E-state index is 13.6. The van der Waals surface area contributed by atoms with Crippen molar-refractivity contribution in [2.75, 3.05) is 48.4 Å². The Labute approximate surface area is 227 Å². The van der Waals surface area contributed by atoms with E-state index in [1.165, 1.54) is 37.3 Å². The molecule has 1 saturated carbocycles. The minimum Gasteiger partial charge on any atom is -0.460 e. The smallest absolute Gasteiger partial charge is 0.258 e. The predicted octanol–water partition coefficient (Wildman–Crippen LogP) is 2.91. The van der Waals surface area contributed by atoms with E-state index in [-0.39, 0.29) is 30.5 Å². The number of rotatable bonds is 10. The first-order chi connectivity index (χ1) is 18.5. The van der Waals surface area contributed by atoms with E-state index in [0.29, 0.717) is 28.1 Å². The van der Waals surface area contributed by atoms with Gasteiger partial charge in [-0.25, -0.2) is 18.1 Å². The molecular formula is C27H35N5O6S. The second kappa shape index (κ2) is 10.4. The molecule has 1 aliphatic carbocycles. The normalized spacial score (nSPS) is 17.0. The molecule has 1 spiro atoms. The molecule has 11 nitrogen and oxygen atoms in total. The number of sulfonamides is 1. The molecule has 0 unspecified atom stereocenters. The summed E-state index contributed by atoms with van der Waals surface area (Å²) in [5.41, 5.74) is 1.10. The molecule has 1 saturated heterocycles. The second-order valence-corrected chi connectivity index (χ2v) is 12.9. The highest BCUT2D eigenvalue weighted by molar-refractivity contribution is 7.89. The third kappa shape index (κ3) is 5.88. The summed E-state index contributed by atoms with van der Waals surface area (Å²) in [5, 5.41) is 25.5. The molecule has 0 bridgehead atoms. The topological polar surface area (TPSA) is 157 Å². The van der Waals surface area contributed by atoms with Crippen molar-refractivity contribution in [1.29, 1.82) is 0 Å². The maximum absolute atomic E-state index is 13.6. The number of hydrogen-bond acceptors (Lipinski definition) is 9. The fraction of sp³-hybridized carbons (Fsp3) is 0.481. The van der Waals surface area contributed by atoms with Gasteiger partial charge in [-0.1, -0.05) is 0 Å². The fourth-order valence-corrected chi connectivity index (χ4v) is 6.00. The van der Waals surface area contributed by atoms with Crippen LogP contribution in [0, 0.1) is 5.41 Å². The van der Waals surface area contributed by atoms with Gasteiger partial charge in [0.2, 0.25) is 10.0 Å². The SMILES string of the molecule is CC(C)(CO)Nc1nc(NC(=O)c2ccc(S(=O)(=O)NCCO)cc2N2CCC3(CC2)CC3)cc2ccoc12. The molecule has 1 aromatic carbocycles. The van der Waals surface area contributed by atoms with Crippen molar-refractivity contribution in [2.45, 2.75) is 50.0 Å². The van der Waals surface area contributed by atoms with E-state index in [1.54, 1.807) is 12.1 Å². The summed E-state index contributed by atoms with van der Waals surface area (Å²) in [6, 6.07) is 7.90. The highest BCUT2D eigenvalue weighted by Gasteiger charge is 2.44. The standard InChI is InChI=1S/C27H35N5O6S/c1-26(2,17-34)31-24-23-18(5-14-38-23)15-22(29-24)30-25(35)20-4-3-19(39(36,37)28-10-13-33)16-21(20)32-11-8-27(6-7-27)9-12-32/h3-5,14-16,28,33-34H,6-13,17H2,1-2H3,(H2,29,30,31,35). The highest BCUT2D eigenvalue weighted by atomic mass is 32.2. The maximum Gasteiger partial charge on any atom is 0.258 e. The summed E-state index contributed by atoms with van der Waals surface area (Å²) in [6.45, 7) is 4.54. The first-order valence-corrected chi connectivity index (χ1v) is 14.6. The van der Waals surface area contributed by atoms with Crippen molar-refractivity contribution in [2.24, 2.45) is 5.41 Å².